The van der Waals surface area contributed by atoms with E-state index in [-0.39, 0.29) is 16.6 Å². The predicted molar refractivity (Wildman–Crippen MR) is 71.8 cm³/mol. The third kappa shape index (κ3) is 3.18. The number of carbonyl (C=O) groups is 1. The lowest BCUT2D eigenvalue weighted by molar-refractivity contribution is 0.0954. The van der Waals surface area contributed by atoms with Crippen molar-refractivity contribution in [2.24, 2.45) is 0 Å². The van der Waals surface area contributed by atoms with Crippen LogP contribution in [-0.2, 0) is 6.42 Å². The Morgan fingerprint density at radius 1 is 1.50 bits per heavy atom. The van der Waals surface area contributed by atoms with Crippen molar-refractivity contribution in [3.63, 3.8) is 0 Å². The topological polar surface area (TPSA) is 80.9 Å². The maximum atomic E-state index is 11.8. The third-order valence-corrected chi connectivity index (χ3v) is 3.35. The fourth-order valence-corrected chi connectivity index (χ4v) is 2.19. The second-order valence-electron chi connectivity index (χ2n) is 3.54. The quantitative estimate of drug-likeness (QED) is 0.837. The van der Waals surface area contributed by atoms with Gasteiger partial charge in [-0.15, -0.1) is 11.3 Å². The van der Waals surface area contributed by atoms with Crippen molar-refractivity contribution < 1.29 is 4.79 Å². The Morgan fingerprint density at radius 2 is 2.33 bits per heavy atom. The van der Waals surface area contributed by atoms with Gasteiger partial charge in [-0.05, 0) is 6.07 Å². The van der Waals surface area contributed by atoms with Crippen LogP contribution >= 0.6 is 22.9 Å². The minimum absolute atomic E-state index is 0.149. The van der Waals surface area contributed by atoms with Gasteiger partial charge in [0.15, 0.2) is 0 Å². The number of rotatable bonds is 4. The number of halogens is 1. The van der Waals surface area contributed by atoms with Crippen molar-refractivity contribution in [1.82, 2.24) is 15.3 Å². The smallest absolute Gasteiger partial charge is 0.254 e. The summed E-state index contributed by atoms with van der Waals surface area (Å²) in [6, 6.07) is 1.51. The number of hydrogen-bond donors (Lipinski definition) is 2. The maximum absolute atomic E-state index is 11.8. The molecule has 1 amide bonds. The lowest BCUT2D eigenvalue weighted by Gasteiger charge is -2.05. The van der Waals surface area contributed by atoms with Gasteiger partial charge in [-0.3, -0.25) is 4.79 Å². The number of pyridine rings is 1. The van der Waals surface area contributed by atoms with Crippen molar-refractivity contribution in [2.75, 3.05) is 12.3 Å². The molecule has 7 heteroatoms. The maximum Gasteiger partial charge on any atom is 0.254 e. The Hall–Kier alpha value is -1.66. The first-order chi connectivity index (χ1) is 8.66. The second-order valence-corrected chi connectivity index (χ2v) is 4.88. The molecule has 0 aromatic carbocycles. The zero-order valence-corrected chi connectivity index (χ0v) is 11.0. The highest BCUT2D eigenvalue weighted by Crippen LogP contribution is 2.15. The van der Waals surface area contributed by atoms with Gasteiger partial charge in [0, 0.05) is 24.5 Å². The van der Waals surface area contributed by atoms with E-state index in [0.29, 0.717) is 18.7 Å². The summed E-state index contributed by atoms with van der Waals surface area (Å²) in [6.45, 7) is 0.497. The normalized spacial score (nSPS) is 10.3. The molecule has 94 valence electrons. The summed E-state index contributed by atoms with van der Waals surface area (Å²) in [5.41, 5.74) is 6.26. The number of nitrogens with zero attached hydrogens (tertiary/aromatic N) is 2. The molecule has 0 aliphatic carbocycles. The van der Waals surface area contributed by atoms with E-state index < -0.39 is 0 Å². The molecule has 2 aromatic rings. The number of anilines is 1. The first kappa shape index (κ1) is 12.8. The number of hydrogen-bond acceptors (Lipinski definition) is 5. The molecule has 0 unspecified atom stereocenters. The number of nitrogen functional groups attached to an aromatic ring is 1. The van der Waals surface area contributed by atoms with Crippen LogP contribution in [0.1, 0.15) is 15.4 Å². The molecule has 0 radical (unpaired) electrons. The van der Waals surface area contributed by atoms with Gasteiger partial charge in [-0.25, -0.2) is 9.97 Å². The van der Waals surface area contributed by atoms with E-state index in [0.717, 1.165) is 5.01 Å². The fourth-order valence-electron chi connectivity index (χ4n) is 1.38. The highest BCUT2D eigenvalue weighted by atomic mass is 35.5. The highest BCUT2D eigenvalue weighted by molar-refractivity contribution is 7.09. The average Bonchev–Trinajstić information content (AvgIpc) is 2.85. The Balaban J connectivity index is 1.93. The predicted octanol–water partition coefficient (Wildman–Crippen LogP) is 1.75. The summed E-state index contributed by atoms with van der Waals surface area (Å²) >= 11 is 7.39. The van der Waals surface area contributed by atoms with E-state index in [4.69, 9.17) is 17.3 Å². The van der Waals surface area contributed by atoms with E-state index in [9.17, 15) is 4.79 Å². The number of nitrogens with one attached hydrogen (secondary N) is 1. The van der Waals surface area contributed by atoms with Crippen molar-refractivity contribution >= 4 is 34.5 Å². The van der Waals surface area contributed by atoms with Crippen LogP contribution in [0.2, 0.25) is 5.15 Å². The number of thiazole rings is 1. The molecule has 2 aromatic heterocycles. The molecule has 2 rings (SSSR count). The van der Waals surface area contributed by atoms with Crippen molar-refractivity contribution in [3.8, 4) is 0 Å². The van der Waals surface area contributed by atoms with E-state index in [1.54, 1.807) is 17.5 Å². The molecule has 0 bridgehead atoms. The zero-order chi connectivity index (χ0) is 13.0. The molecule has 3 N–H and O–H groups in total. The Morgan fingerprint density at radius 3 is 3.06 bits per heavy atom. The van der Waals surface area contributed by atoms with E-state index in [2.05, 4.69) is 15.3 Å². The summed E-state index contributed by atoms with van der Waals surface area (Å²) in [4.78, 5) is 19.8. The van der Waals surface area contributed by atoms with Crippen molar-refractivity contribution in [2.45, 2.75) is 6.42 Å². The number of amides is 1. The summed E-state index contributed by atoms with van der Waals surface area (Å²) in [7, 11) is 0. The standard InChI is InChI=1S/C11H11ClN4OS/c12-10-8(5-7(13)6-16-10)11(17)15-2-1-9-14-3-4-18-9/h3-6H,1-2,13H2,(H,15,17). The van der Waals surface area contributed by atoms with Gasteiger partial charge in [0.1, 0.15) is 5.15 Å². The zero-order valence-electron chi connectivity index (χ0n) is 9.39. The summed E-state index contributed by atoms with van der Waals surface area (Å²) in [5, 5.41) is 5.78. The van der Waals surface area contributed by atoms with E-state index >= 15 is 0 Å². The Labute approximate surface area is 113 Å². The van der Waals surface area contributed by atoms with Crippen LogP contribution in [-0.4, -0.2) is 22.4 Å². The molecule has 0 aliphatic rings. The van der Waals surface area contributed by atoms with Gasteiger partial charge < -0.3 is 11.1 Å². The number of carbonyl (C=O) groups excluding carboxylic acids is 1. The molecule has 0 fully saturated rings. The monoisotopic (exact) mass is 282 g/mol. The van der Waals surface area contributed by atoms with E-state index in [1.165, 1.54) is 12.3 Å². The fraction of sp³-hybridized carbons (Fsp3) is 0.182. The summed E-state index contributed by atoms with van der Waals surface area (Å²) in [6.07, 6.45) is 3.84. The molecular formula is C11H11ClN4OS. The first-order valence-corrected chi connectivity index (χ1v) is 6.50. The van der Waals surface area contributed by atoms with Crippen LogP contribution < -0.4 is 11.1 Å². The first-order valence-electron chi connectivity index (χ1n) is 5.24. The van der Waals surface area contributed by atoms with Gasteiger partial charge >= 0.3 is 0 Å². The van der Waals surface area contributed by atoms with Crippen LogP contribution in [0.15, 0.2) is 23.8 Å². The molecule has 2 heterocycles. The average molecular weight is 283 g/mol. The largest absolute Gasteiger partial charge is 0.397 e. The molecular weight excluding hydrogens is 272 g/mol. The van der Waals surface area contributed by atoms with Crippen LogP contribution in [0, 0.1) is 0 Å². The second kappa shape index (κ2) is 5.79. The van der Waals surface area contributed by atoms with Gasteiger partial charge in [-0.2, -0.15) is 0 Å². The molecule has 0 saturated carbocycles. The minimum Gasteiger partial charge on any atom is -0.397 e. The van der Waals surface area contributed by atoms with Gasteiger partial charge in [-0.1, -0.05) is 11.6 Å². The van der Waals surface area contributed by atoms with Crippen molar-refractivity contribution in [1.29, 1.82) is 0 Å². The molecule has 5 nitrogen and oxygen atoms in total. The molecule has 0 atom stereocenters. The van der Waals surface area contributed by atoms with E-state index in [1.807, 2.05) is 5.38 Å². The minimum atomic E-state index is -0.281. The lowest BCUT2D eigenvalue weighted by atomic mass is 10.2. The molecule has 0 saturated heterocycles. The van der Waals surface area contributed by atoms with Crippen LogP contribution in [0.4, 0.5) is 5.69 Å². The molecule has 18 heavy (non-hydrogen) atoms. The summed E-state index contributed by atoms with van der Waals surface area (Å²) in [5.74, 6) is -0.281. The summed E-state index contributed by atoms with van der Waals surface area (Å²) < 4.78 is 0. The van der Waals surface area contributed by atoms with Crippen molar-refractivity contribution in [3.05, 3.63) is 39.6 Å². The third-order valence-electron chi connectivity index (χ3n) is 2.21. The molecule has 0 spiro atoms. The van der Waals surface area contributed by atoms with Gasteiger partial charge in [0.2, 0.25) is 0 Å². The lowest BCUT2D eigenvalue weighted by Crippen LogP contribution is -2.26. The van der Waals surface area contributed by atoms with Crippen LogP contribution in [0.5, 0.6) is 0 Å². The Kier molecular flexibility index (Phi) is 4.11. The van der Waals surface area contributed by atoms with Gasteiger partial charge in [0.25, 0.3) is 5.91 Å². The SMILES string of the molecule is Nc1cnc(Cl)c(C(=O)NCCc2nccs2)c1. The van der Waals surface area contributed by atoms with Crippen LogP contribution in [0.25, 0.3) is 0 Å². The van der Waals surface area contributed by atoms with Gasteiger partial charge in [0.05, 0.1) is 22.5 Å². The highest BCUT2D eigenvalue weighted by Gasteiger charge is 2.11. The number of aromatic nitrogens is 2. The number of nitrogens with two attached hydrogens (primary N) is 1. The van der Waals surface area contributed by atoms with Crippen LogP contribution in [0.3, 0.4) is 0 Å². The Bertz CT molecular complexity index is 544. The molecule has 0 aliphatic heterocycles.